The first-order valence-corrected chi connectivity index (χ1v) is 11.9. The summed E-state index contributed by atoms with van der Waals surface area (Å²) in [6.07, 6.45) is 0. The Kier molecular flexibility index (Phi) is 7.01. The maximum atomic E-state index is 12.8. The van der Waals surface area contributed by atoms with Gasteiger partial charge in [-0.3, -0.25) is 0 Å². The minimum Gasteiger partial charge on any atom is -0.497 e. The molecule has 0 saturated carbocycles. The van der Waals surface area contributed by atoms with Crippen LogP contribution in [0.2, 0.25) is 0 Å². The summed E-state index contributed by atoms with van der Waals surface area (Å²) in [6, 6.07) is 14.4. The van der Waals surface area contributed by atoms with E-state index in [2.05, 4.69) is 10.2 Å². The first-order chi connectivity index (χ1) is 14.4. The van der Waals surface area contributed by atoms with Crippen LogP contribution in [-0.4, -0.2) is 47.8 Å². The van der Waals surface area contributed by atoms with Gasteiger partial charge >= 0.3 is 0 Å². The summed E-state index contributed by atoms with van der Waals surface area (Å²) >= 11 is 1.45. The molecule has 1 heterocycles. The summed E-state index contributed by atoms with van der Waals surface area (Å²) in [5.41, 5.74) is 1.69. The smallest absolute Gasteiger partial charge is 0.243 e. The van der Waals surface area contributed by atoms with Crippen LogP contribution >= 0.6 is 11.8 Å². The lowest BCUT2D eigenvalue weighted by Crippen LogP contribution is -2.30. The van der Waals surface area contributed by atoms with Gasteiger partial charge in [0.15, 0.2) is 5.82 Å². The van der Waals surface area contributed by atoms with Crippen LogP contribution in [0, 0.1) is 0 Å². The van der Waals surface area contributed by atoms with Gasteiger partial charge in [0.2, 0.25) is 15.2 Å². The third-order valence-corrected chi connectivity index (χ3v) is 7.69. The van der Waals surface area contributed by atoms with E-state index < -0.39 is 10.0 Å². The predicted octanol–water partition coefficient (Wildman–Crippen LogP) is 2.99. The molecule has 3 rings (SSSR count). The number of sulfonamides is 1. The first kappa shape index (κ1) is 22.1. The second-order valence-corrected chi connectivity index (χ2v) is 9.31. The monoisotopic (exact) mass is 447 g/mol. The van der Waals surface area contributed by atoms with Gasteiger partial charge in [-0.2, -0.15) is 4.31 Å². The third kappa shape index (κ3) is 4.61. The van der Waals surface area contributed by atoms with Gasteiger partial charge in [-0.1, -0.05) is 49.9 Å². The molecule has 1 aromatic heterocycles. The molecular weight excluding hydrogens is 422 g/mol. The molecule has 0 aliphatic heterocycles. The largest absolute Gasteiger partial charge is 0.497 e. The van der Waals surface area contributed by atoms with Gasteiger partial charge in [0.25, 0.3) is 0 Å². The molecular formula is C20H25N5O3S2. The van der Waals surface area contributed by atoms with E-state index in [1.807, 2.05) is 38.1 Å². The number of ether oxygens (including phenoxy) is 1. The summed E-state index contributed by atoms with van der Waals surface area (Å²) in [4.78, 5) is 0.208. The molecule has 0 fully saturated rings. The van der Waals surface area contributed by atoms with E-state index in [4.69, 9.17) is 10.6 Å². The quantitative estimate of drug-likeness (QED) is 0.397. The Morgan fingerprint density at radius 2 is 1.80 bits per heavy atom. The normalized spacial score (nSPS) is 11.7. The predicted molar refractivity (Wildman–Crippen MR) is 118 cm³/mol. The van der Waals surface area contributed by atoms with E-state index >= 15 is 0 Å². The highest BCUT2D eigenvalue weighted by Gasteiger charge is 2.23. The standard InChI is InChI=1S/C20H25N5O3S2/c1-4-24(5-2)30(26,27)18-8-6-7-16(13-18)19-22-23-20(25(19)21)29-14-15-9-11-17(28-3)12-10-15/h6-13H,4-5,14,21H2,1-3H3. The Labute approximate surface area is 181 Å². The Balaban J connectivity index is 1.81. The van der Waals surface area contributed by atoms with E-state index in [-0.39, 0.29) is 4.90 Å². The highest BCUT2D eigenvalue weighted by Crippen LogP contribution is 2.27. The lowest BCUT2D eigenvalue weighted by atomic mass is 10.2. The van der Waals surface area contributed by atoms with Crippen molar-refractivity contribution in [3.8, 4) is 17.1 Å². The number of hydrogen-bond acceptors (Lipinski definition) is 7. The molecule has 0 aliphatic carbocycles. The molecule has 2 N–H and O–H groups in total. The zero-order valence-electron chi connectivity index (χ0n) is 17.1. The van der Waals surface area contributed by atoms with E-state index in [9.17, 15) is 8.42 Å². The molecule has 0 atom stereocenters. The van der Waals surface area contributed by atoms with Crippen molar-refractivity contribution in [3.05, 3.63) is 54.1 Å². The number of nitrogens with zero attached hydrogens (tertiary/aromatic N) is 4. The van der Waals surface area contributed by atoms with Gasteiger partial charge < -0.3 is 10.6 Å². The molecule has 3 aromatic rings. The lowest BCUT2D eigenvalue weighted by molar-refractivity contribution is 0.414. The average Bonchev–Trinajstić information content (AvgIpc) is 3.13. The van der Waals surface area contributed by atoms with E-state index in [0.717, 1.165) is 11.3 Å². The topological polar surface area (TPSA) is 103 Å². The maximum absolute atomic E-state index is 12.8. The minimum atomic E-state index is -3.57. The van der Waals surface area contributed by atoms with Crippen LogP contribution in [0.15, 0.2) is 58.6 Å². The summed E-state index contributed by atoms with van der Waals surface area (Å²) in [5.74, 6) is 8.07. The first-order valence-electron chi connectivity index (χ1n) is 9.47. The fourth-order valence-electron chi connectivity index (χ4n) is 2.95. The van der Waals surface area contributed by atoms with E-state index in [0.29, 0.717) is 35.4 Å². The number of methoxy groups -OCH3 is 1. The van der Waals surface area contributed by atoms with Crippen molar-refractivity contribution < 1.29 is 13.2 Å². The molecule has 0 aliphatic rings. The number of benzene rings is 2. The zero-order valence-corrected chi connectivity index (χ0v) is 18.8. The number of nitrogens with two attached hydrogens (primary N) is 1. The molecule has 0 spiro atoms. The van der Waals surface area contributed by atoms with Gasteiger partial charge in [-0.25, -0.2) is 13.1 Å². The maximum Gasteiger partial charge on any atom is 0.243 e. The van der Waals surface area contributed by atoms with Crippen molar-refractivity contribution in [2.75, 3.05) is 26.0 Å². The second-order valence-electron chi connectivity index (χ2n) is 6.43. The molecule has 0 radical (unpaired) electrons. The fourth-order valence-corrected chi connectivity index (χ4v) is 5.27. The lowest BCUT2D eigenvalue weighted by Gasteiger charge is -2.18. The number of rotatable bonds is 9. The molecule has 0 amide bonds. The number of nitrogen functional groups attached to an aromatic ring is 1. The summed E-state index contributed by atoms with van der Waals surface area (Å²) in [6.45, 7) is 4.44. The highest BCUT2D eigenvalue weighted by atomic mass is 32.2. The average molecular weight is 448 g/mol. The molecule has 2 aromatic carbocycles. The summed E-state index contributed by atoms with van der Waals surface area (Å²) < 4.78 is 33.6. The Hall–Kier alpha value is -2.56. The van der Waals surface area contributed by atoms with Crippen molar-refractivity contribution in [1.29, 1.82) is 0 Å². The highest BCUT2D eigenvalue weighted by molar-refractivity contribution is 7.98. The van der Waals surface area contributed by atoms with Crippen LogP contribution < -0.4 is 10.6 Å². The summed E-state index contributed by atoms with van der Waals surface area (Å²) in [5, 5.41) is 8.88. The van der Waals surface area contributed by atoms with Crippen LogP contribution in [0.3, 0.4) is 0 Å². The molecule has 0 saturated heterocycles. The Bertz CT molecular complexity index is 1090. The minimum absolute atomic E-state index is 0.208. The Morgan fingerprint density at radius 3 is 2.43 bits per heavy atom. The van der Waals surface area contributed by atoms with Crippen molar-refractivity contribution in [2.24, 2.45) is 0 Å². The van der Waals surface area contributed by atoms with Crippen LogP contribution in [0.5, 0.6) is 5.75 Å². The summed E-state index contributed by atoms with van der Waals surface area (Å²) in [7, 11) is -1.94. The van der Waals surface area contributed by atoms with Gasteiger partial charge in [0, 0.05) is 24.4 Å². The SMILES string of the molecule is CCN(CC)S(=O)(=O)c1cccc(-c2nnc(SCc3ccc(OC)cc3)n2N)c1. The van der Waals surface area contributed by atoms with E-state index in [1.165, 1.54) is 20.7 Å². The van der Waals surface area contributed by atoms with E-state index in [1.54, 1.807) is 31.4 Å². The van der Waals surface area contributed by atoms with Gasteiger partial charge in [0.05, 0.1) is 12.0 Å². The number of aromatic nitrogens is 3. The van der Waals surface area contributed by atoms with Crippen LogP contribution in [0.25, 0.3) is 11.4 Å². The molecule has 10 heteroatoms. The molecule has 0 unspecified atom stereocenters. The van der Waals surface area contributed by atoms with Crippen LogP contribution in [0.4, 0.5) is 0 Å². The molecule has 30 heavy (non-hydrogen) atoms. The van der Waals surface area contributed by atoms with Crippen LogP contribution in [-0.2, 0) is 15.8 Å². The van der Waals surface area contributed by atoms with Crippen LogP contribution in [0.1, 0.15) is 19.4 Å². The third-order valence-electron chi connectivity index (χ3n) is 4.63. The molecule has 160 valence electrons. The Morgan fingerprint density at radius 1 is 1.10 bits per heavy atom. The number of thioether (sulfide) groups is 1. The second kappa shape index (κ2) is 9.50. The molecule has 8 nitrogen and oxygen atoms in total. The van der Waals surface area contributed by atoms with Gasteiger partial charge in [-0.05, 0) is 29.8 Å². The van der Waals surface area contributed by atoms with Crippen molar-refractivity contribution in [2.45, 2.75) is 29.7 Å². The van der Waals surface area contributed by atoms with Crippen molar-refractivity contribution in [3.63, 3.8) is 0 Å². The van der Waals surface area contributed by atoms with Gasteiger partial charge in [0.1, 0.15) is 5.75 Å². The fraction of sp³-hybridized carbons (Fsp3) is 0.300. The van der Waals surface area contributed by atoms with Crippen molar-refractivity contribution >= 4 is 21.8 Å². The van der Waals surface area contributed by atoms with Gasteiger partial charge in [-0.15, -0.1) is 10.2 Å². The van der Waals surface area contributed by atoms with Crippen molar-refractivity contribution in [1.82, 2.24) is 19.2 Å². The number of hydrogen-bond donors (Lipinski definition) is 1. The molecule has 0 bridgehead atoms. The zero-order chi connectivity index (χ0) is 21.7.